The Morgan fingerprint density at radius 3 is 2.56 bits per heavy atom. The van der Waals surface area contributed by atoms with Crippen LogP contribution < -0.4 is 10.6 Å². The summed E-state index contributed by atoms with van der Waals surface area (Å²) in [5.74, 6) is -0.353. The summed E-state index contributed by atoms with van der Waals surface area (Å²) in [4.78, 5) is 30.5. The van der Waals surface area contributed by atoms with Crippen molar-refractivity contribution in [2.75, 3.05) is 25.0 Å². The summed E-state index contributed by atoms with van der Waals surface area (Å²) < 4.78 is 0. The Hall–Kier alpha value is -3.38. The van der Waals surface area contributed by atoms with Crippen molar-refractivity contribution < 1.29 is 9.59 Å². The van der Waals surface area contributed by atoms with Gasteiger partial charge in [-0.1, -0.05) is 42.5 Å². The second kappa shape index (κ2) is 9.40. The summed E-state index contributed by atoms with van der Waals surface area (Å²) in [5.41, 5.74) is 6.50. The standard InChI is InChI=1S/C26H30N4O2/c1-17-7-6-8-18(2)25(17)29-24(31)16-28-26(32)19(3)30-13-11-20(12-14-30)22-15-27-23-10-5-4-9-21(22)23/h4-11,15,19,27H,12-14,16H2,1-3H3,(H,28,32)(H,29,31)/t19-/m1/s1. The molecule has 6 heteroatoms. The molecule has 4 rings (SSSR count). The minimum atomic E-state index is -0.302. The van der Waals surface area contributed by atoms with Crippen LogP contribution in [0, 0.1) is 13.8 Å². The van der Waals surface area contributed by atoms with Gasteiger partial charge in [0.15, 0.2) is 0 Å². The lowest BCUT2D eigenvalue weighted by Crippen LogP contribution is -2.48. The lowest BCUT2D eigenvalue weighted by Gasteiger charge is -2.31. The Kier molecular flexibility index (Phi) is 6.42. The molecule has 0 unspecified atom stereocenters. The highest BCUT2D eigenvalue weighted by molar-refractivity contribution is 5.96. The van der Waals surface area contributed by atoms with Crippen molar-refractivity contribution in [1.82, 2.24) is 15.2 Å². The third-order valence-electron chi connectivity index (χ3n) is 6.27. The summed E-state index contributed by atoms with van der Waals surface area (Å²) >= 11 is 0. The first-order valence-corrected chi connectivity index (χ1v) is 11.1. The zero-order valence-electron chi connectivity index (χ0n) is 18.9. The number of aromatic amines is 1. The van der Waals surface area contributed by atoms with E-state index in [-0.39, 0.29) is 24.4 Å². The molecule has 3 aromatic rings. The molecule has 1 aromatic heterocycles. The zero-order valence-corrected chi connectivity index (χ0v) is 18.9. The molecule has 0 aliphatic carbocycles. The average molecular weight is 431 g/mol. The van der Waals surface area contributed by atoms with E-state index in [1.165, 1.54) is 16.5 Å². The Bertz CT molecular complexity index is 1160. The van der Waals surface area contributed by atoms with Gasteiger partial charge < -0.3 is 15.6 Å². The van der Waals surface area contributed by atoms with Crippen LogP contribution in [0.2, 0.25) is 0 Å². The number of hydrogen-bond acceptors (Lipinski definition) is 3. The minimum absolute atomic E-state index is 0.0405. The van der Waals surface area contributed by atoms with Gasteiger partial charge in [0.05, 0.1) is 12.6 Å². The lowest BCUT2D eigenvalue weighted by molar-refractivity contribution is -0.127. The van der Waals surface area contributed by atoms with E-state index >= 15 is 0 Å². The third-order valence-corrected chi connectivity index (χ3v) is 6.27. The topological polar surface area (TPSA) is 77.2 Å². The summed E-state index contributed by atoms with van der Waals surface area (Å²) in [5, 5.41) is 6.92. The van der Waals surface area contributed by atoms with Crippen molar-refractivity contribution in [3.63, 3.8) is 0 Å². The number of nitrogens with zero attached hydrogens (tertiary/aromatic N) is 1. The van der Waals surface area contributed by atoms with Crippen molar-refractivity contribution in [3.8, 4) is 0 Å². The van der Waals surface area contributed by atoms with Crippen LogP contribution in [0.4, 0.5) is 5.69 Å². The number of carbonyl (C=O) groups is 2. The van der Waals surface area contributed by atoms with Crippen LogP contribution in [-0.4, -0.2) is 47.4 Å². The maximum absolute atomic E-state index is 12.7. The molecule has 1 atom stereocenters. The highest BCUT2D eigenvalue weighted by Gasteiger charge is 2.24. The van der Waals surface area contributed by atoms with E-state index in [0.717, 1.165) is 35.3 Å². The Morgan fingerprint density at radius 1 is 1.09 bits per heavy atom. The summed E-state index contributed by atoms with van der Waals surface area (Å²) in [7, 11) is 0. The number of carbonyl (C=O) groups excluding carboxylic acids is 2. The summed E-state index contributed by atoms with van der Waals surface area (Å²) in [6.07, 6.45) is 5.15. The van der Waals surface area contributed by atoms with E-state index in [9.17, 15) is 9.59 Å². The number of aromatic nitrogens is 1. The molecule has 2 amide bonds. The summed E-state index contributed by atoms with van der Waals surface area (Å²) in [6, 6.07) is 13.9. The molecule has 0 spiro atoms. The van der Waals surface area contributed by atoms with Gasteiger partial charge in [-0.25, -0.2) is 0 Å². The number of benzene rings is 2. The van der Waals surface area contributed by atoms with E-state index in [1.54, 1.807) is 0 Å². The van der Waals surface area contributed by atoms with Crippen molar-refractivity contribution in [1.29, 1.82) is 0 Å². The molecule has 2 heterocycles. The van der Waals surface area contributed by atoms with Crippen LogP contribution in [0.1, 0.15) is 30.0 Å². The van der Waals surface area contributed by atoms with E-state index in [2.05, 4.69) is 51.0 Å². The quantitative estimate of drug-likeness (QED) is 0.553. The van der Waals surface area contributed by atoms with Gasteiger partial charge in [-0.15, -0.1) is 0 Å². The van der Waals surface area contributed by atoms with E-state index in [1.807, 2.05) is 45.0 Å². The lowest BCUT2D eigenvalue weighted by atomic mass is 9.98. The molecule has 32 heavy (non-hydrogen) atoms. The monoisotopic (exact) mass is 430 g/mol. The fraction of sp³-hybridized carbons (Fsp3) is 0.308. The predicted molar refractivity (Wildman–Crippen MR) is 129 cm³/mol. The molecule has 0 fully saturated rings. The molecule has 0 saturated heterocycles. The van der Waals surface area contributed by atoms with Crippen LogP contribution >= 0.6 is 0 Å². The number of rotatable bonds is 6. The fourth-order valence-corrected chi connectivity index (χ4v) is 4.29. The van der Waals surface area contributed by atoms with Gasteiger partial charge >= 0.3 is 0 Å². The molecular formula is C26H30N4O2. The van der Waals surface area contributed by atoms with Gasteiger partial charge in [0.25, 0.3) is 0 Å². The Balaban J connectivity index is 1.31. The van der Waals surface area contributed by atoms with Gasteiger partial charge in [0, 0.05) is 41.4 Å². The number of anilines is 1. The molecule has 0 saturated carbocycles. The smallest absolute Gasteiger partial charge is 0.243 e. The normalized spacial score (nSPS) is 15.3. The first kappa shape index (κ1) is 21.8. The molecule has 0 radical (unpaired) electrons. The van der Waals surface area contributed by atoms with Gasteiger partial charge in [-0.2, -0.15) is 0 Å². The highest BCUT2D eigenvalue weighted by Crippen LogP contribution is 2.29. The number of hydrogen-bond donors (Lipinski definition) is 3. The number of H-pyrrole nitrogens is 1. The average Bonchev–Trinajstić information content (AvgIpc) is 3.24. The van der Waals surface area contributed by atoms with E-state index < -0.39 is 0 Å². The number of nitrogens with one attached hydrogen (secondary N) is 3. The maximum atomic E-state index is 12.7. The maximum Gasteiger partial charge on any atom is 0.243 e. The first-order chi connectivity index (χ1) is 15.4. The molecule has 2 aromatic carbocycles. The second-order valence-electron chi connectivity index (χ2n) is 8.43. The van der Waals surface area contributed by atoms with Crippen LogP contribution in [0.3, 0.4) is 0 Å². The zero-order chi connectivity index (χ0) is 22.7. The van der Waals surface area contributed by atoms with Crippen LogP contribution in [0.15, 0.2) is 54.7 Å². The first-order valence-electron chi connectivity index (χ1n) is 11.1. The van der Waals surface area contributed by atoms with Crippen molar-refractivity contribution in [2.24, 2.45) is 0 Å². The molecule has 3 N–H and O–H groups in total. The van der Waals surface area contributed by atoms with Gasteiger partial charge in [0.1, 0.15) is 0 Å². The van der Waals surface area contributed by atoms with Gasteiger partial charge in [-0.05, 0) is 50.0 Å². The Labute approximate surface area is 188 Å². The molecule has 166 valence electrons. The van der Waals surface area contributed by atoms with Gasteiger partial charge in [0.2, 0.25) is 11.8 Å². The third kappa shape index (κ3) is 4.60. The van der Waals surface area contributed by atoms with Crippen molar-refractivity contribution in [3.05, 3.63) is 71.4 Å². The SMILES string of the molecule is Cc1cccc(C)c1NC(=O)CNC(=O)[C@@H](C)N1CC=C(c2c[nH]c3ccccc23)CC1. The molecule has 0 bridgehead atoms. The molecule has 1 aliphatic rings. The van der Waals surface area contributed by atoms with Crippen molar-refractivity contribution >= 4 is 34.0 Å². The molecule has 6 nitrogen and oxygen atoms in total. The number of amides is 2. The van der Waals surface area contributed by atoms with Crippen LogP contribution in [0.25, 0.3) is 16.5 Å². The predicted octanol–water partition coefficient (Wildman–Crippen LogP) is 4.02. The Morgan fingerprint density at radius 2 is 1.84 bits per heavy atom. The second-order valence-corrected chi connectivity index (χ2v) is 8.43. The van der Waals surface area contributed by atoms with E-state index in [4.69, 9.17) is 0 Å². The highest BCUT2D eigenvalue weighted by atomic mass is 16.2. The fourth-order valence-electron chi connectivity index (χ4n) is 4.29. The van der Waals surface area contributed by atoms with Crippen molar-refractivity contribution in [2.45, 2.75) is 33.2 Å². The minimum Gasteiger partial charge on any atom is -0.361 e. The van der Waals surface area contributed by atoms with Crippen LogP contribution in [0.5, 0.6) is 0 Å². The largest absolute Gasteiger partial charge is 0.361 e. The number of para-hydroxylation sites is 2. The number of fused-ring (bicyclic) bond motifs is 1. The molecule has 1 aliphatic heterocycles. The molecular weight excluding hydrogens is 400 g/mol. The number of aryl methyl sites for hydroxylation is 2. The van der Waals surface area contributed by atoms with Gasteiger partial charge in [-0.3, -0.25) is 14.5 Å². The summed E-state index contributed by atoms with van der Waals surface area (Å²) in [6.45, 7) is 7.27. The van der Waals surface area contributed by atoms with E-state index in [0.29, 0.717) is 6.54 Å². The van der Waals surface area contributed by atoms with Crippen LogP contribution in [-0.2, 0) is 9.59 Å².